The number of rotatable bonds is 5. The van der Waals surface area contributed by atoms with Crippen LogP contribution in [0.25, 0.3) is 0 Å². The largest absolute Gasteiger partial charge is 0.383 e. The number of hydrogen-bond acceptors (Lipinski definition) is 4. The number of pyridine rings is 1. The number of allylic oxidation sites excluding steroid dienone is 1. The number of benzene rings is 1. The minimum atomic E-state index is -0.453. The van der Waals surface area contributed by atoms with Crippen molar-refractivity contribution in [3.63, 3.8) is 0 Å². The van der Waals surface area contributed by atoms with Crippen LogP contribution in [0.5, 0.6) is 0 Å². The molecule has 28 heavy (non-hydrogen) atoms. The number of para-hydroxylation sites is 1. The molecule has 0 saturated heterocycles. The number of carbonyl (C=O) groups excluding carboxylic acids is 1. The molecule has 0 fully saturated rings. The van der Waals surface area contributed by atoms with Gasteiger partial charge in [0.15, 0.2) is 5.78 Å². The second-order valence-electron chi connectivity index (χ2n) is 7.57. The van der Waals surface area contributed by atoms with Crippen LogP contribution in [0.3, 0.4) is 0 Å². The van der Waals surface area contributed by atoms with Crippen LogP contribution in [-0.2, 0) is 11.3 Å². The summed E-state index contributed by atoms with van der Waals surface area (Å²) in [5, 5.41) is 6.56. The normalized spacial score (nSPS) is 16.1. The smallest absolute Gasteiger partial charge is 0.168 e. The van der Waals surface area contributed by atoms with Gasteiger partial charge in [-0.1, -0.05) is 55.9 Å². The molecule has 7 heteroatoms. The summed E-state index contributed by atoms with van der Waals surface area (Å²) in [6.07, 6.45) is 2.12. The maximum atomic E-state index is 14.0. The summed E-state index contributed by atoms with van der Waals surface area (Å²) < 4.78 is 14.0. The number of aromatic nitrogens is 1. The Bertz CT molecular complexity index is 944. The van der Waals surface area contributed by atoms with Crippen molar-refractivity contribution in [1.29, 1.82) is 0 Å². The standard InChI is InChI=1S/C21H21ClFN3OS/c1-21(2)9-16(24-11-13-8-18(22)25-12-15(13)23)19(17(27)10-21)20(28)26-14-6-4-3-5-7-14/h3-8,12,24H,9-11H2,1-2H3,(H,26,28). The van der Waals surface area contributed by atoms with Crippen molar-refractivity contribution < 1.29 is 9.18 Å². The Kier molecular flexibility index (Phi) is 6.10. The van der Waals surface area contributed by atoms with Gasteiger partial charge in [0.2, 0.25) is 0 Å². The number of halogens is 2. The molecule has 146 valence electrons. The zero-order valence-electron chi connectivity index (χ0n) is 15.7. The fourth-order valence-corrected chi connectivity index (χ4v) is 3.77. The van der Waals surface area contributed by atoms with Crippen LogP contribution in [0.4, 0.5) is 10.1 Å². The number of carbonyl (C=O) groups is 1. The average molecular weight is 418 g/mol. The van der Waals surface area contributed by atoms with Gasteiger partial charge in [0.1, 0.15) is 16.0 Å². The third-order valence-electron chi connectivity index (χ3n) is 4.53. The Balaban J connectivity index is 1.88. The van der Waals surface area contributed by atoms with Crippen LogP contribution >= 0.6 is 23.8 Å². The maximum Gasteiger partial charge on any atom is 0.168 e. The van der Waals surface area contributed by atoms with E-state index in [1.165, 1.54) is 6.07 Å². The second-order valence-corrected chi connectivity index (χ2v) is 8.36. The molecule has 0 spiro atoms. The lowest BCUT2D eigenvalue weighted by atomic mass is 9.75. The van der Waals surface area contributed by atoms with Crippen LogP contribution in [0.1, 0.15) is 32.3 Å². The van der Waals surface area contributed by atoms with E-state index in [4.69, 9.17) is 23.8 Å². The molecule has 1 aromatic heterocycles. The van der Waals surface area contributed by atoms with E-state index in [-0.39, 0.29) is 22.9 Å². The zero-order chi connectivity index (χ0) is 20.3. The Morgan fingerprint density at radius 1 is 1.29 bits per heavy atom. The summed E-state index contributed by atoms with van der Waals surface area (Å²) in [5.74, 6) is -0.481. The Labute approximate surface area is 174 Å². The van der Waals surface area contributed by atoms with E-state index in [0.717, 1.165) is 11.9 Å². The van der Waals surface area contributed by atoms with Gasteiger partial charge in [0.05, 0.1) is 11.8 Å². The molecule has 3 rings (SSSR count). The molecule has 0 amide bonds. The topological polar surface area (TPSA) is 54.0 Å². The number of thiocarbonyl (C=S) groups is 1. The molecule has 1 aromatic carbocycles. The Morgan fingerprint density at radius 3 is 2.71 bits per heavy atom. The minimum absolute atomic E-state index is 0.0274. The molecule has 0 unspecified atom stereocenters. The summed E-state index contributed by atoms with van der Waals surface area (Å²) in [7, 11) is 0. The van der Waals surface area contributed by atoms with Crippen LogP contribution < -0.4 is 10.6 Å². The predicted octanol–water partition coefficient (Wildman–Crippen LogP) is 5.05. The lowest BCUT2D eigenvalue weighted by molar-refractivity contribution is -0.117. The molecule has 0 bridgehead atoms. The van der Waals surface area contributed by atoms with Crippen molar-refractivity contribution in [2.75, 3.05) is 5.32 Å². The fourth-order valence-electron chi connectivity index (χ4n) is 3.24. The minimum Gasteiger partial charge on any atom is -0.383 e. The first-order valence-electron chi connectivity index (χ1n) is 8.92. The van der Waals surface area contributed by atoms with E-state index in [0.29, 0.717) is 34.7 Å². The van der Waals surface area contributed by atoms with Crippen molar-refractivity contribution in [3.05, 3.63) is 70.4 Å². The lowest BCUT2D eigenvalue weighted by Gasteiger charge is -2.33. The van der Waals surface area contributed by atoms with Gasteiger partial charge in [-0.2, -0.15) is 0 Å². The molecular formula is C21H21ClFN3OS. The first-order valence-corrected chi connectivity index (χ1v) is 9.70. The van der Waals surface area contributed by atoms with Crippen molar-refractivity contribution in [2.45, 2.75) is 33.2 Å². The Hall–Kier alpha value is -2.31. The second kappa shape index (κ2) is 8.37. The number of nitrogens with one attached hydrogen (secondary N) is 2. The molecule has 2 aromatic rings. The number of hydrogen-bond donors (Lipinski definition) is 2. The number of anilines is 1. The van der Waals surface area contributed by atoms with E-state index < -0.39 is 5.82 Å². The molecule has 0 atom stereocenters. The van der Waals surface area contributed by atoms with Gasteiger partial charge < -0.3 is 10.6 Å². The van der Waals surface area contributed by atoms with Gasteiger partial charge in [-0.3, -0.25) is 4.79 Å². The molecule has 1 aliphatic rings. The first kappa shape index (κ1) is 20.4. The number of ketones is 1. The van der Waals surface area contributed by atoms with E-state index in [9.17, 15) is 9.18 Å². The summed E-state index contributed by atoms with van der Waals surface area (Å²) in [6, 6.07) is 10.9. The van der Waals surface area contributed by atoms with E-state index in [2.05, 4.69) is 15.6 Å². The van der Waals surface area contributed by atoms with Crippen LogP contribution in [0, 0.1) is 11.2 Å². The summed E-state index contributed by atoms with van der Waals surface area (Å²) in [4.78, 5) is 16.9. The van der Waals surface area contributed by atoms with Crippen molar-refractivity contribution in [2.24, 2.45) is 5.41 Å². The number of nitrogens with zero attached hydrogens (tertiary/aromatic N) is 1. The molecule has 1 aliphatic carbocycles. The quantitative estimate of drug-likeness (QED) is 0.527. The summed E-state index contributed by atoms with van der Waals surface area (Å²) in [5.41, 5.74) is 2.15. The highest BCUT2D eigenvalue weighted by atomic mass is 35.5. The van der Waals surface area contributed by atoms with Gasteiger partial charge in [-0.25, -0.2) is 9.37 Å². The van der Waals surface area contributed by atoms with Gasteiger partial charge in [-0.05, 0) is 30.0 Å². The van der Waals surface area contributed by atoms with Gasteiger partial charge in [0, 0.05) is 29.9 Å². The summed E-state index contributed by atoms with van der Waals surface area (Å²) in [6.45, 7) is 4.24. The fraction of sp³-hybridized carbons (Fsp3) is 0.286. The average Bonchev–Trinajstić information content (AvgIpc) is 2.62. The van der Waals surface area contributed by atoms with Crippen LogP contribution in [0.2, 0.25) is 5.15 Å². The van der Waals surface area contributed by atoms with Gasteiger partial charge in [0.25, 0.3) is 0 Å². The molecular weight excluding hydrogens is 397 g/mol. The highest BCUT2D eigenvalue weighted by Gasteiger charge is 2.34. The first-order chi connectivity index (χ1) is 13.2. The summed E-state index contributed by atoms with van der Waals surface area (Å²) >= 11 is 11.4. The third-order valence-corrected chi connectivity index (χ3v) is 5.04. The van der Waals surface area contributed by atoms with Crippen LogP contribution in [0.15, 0.2) is 53.9 Å². The molecule has 4 nitrogen and oxygen atoms in total. The highest BCUT2D eigenvalue weighted by Crippen LogP contribution is 2.36. The number of Topliss-reactive ketones (excluding diaryl/α,β-unsaturated/α-hetero) is 1. The molecule has 2 N–H and O–H groups in total. The van der Waals surface area contributed by atoms with Crippen molar-refractivity contribution in [3.8, 4) is 0 Å². The molecule has 1 heterocycles. The van der Waals surface area contributed by atoms with Crippen molar-refractivity contribution >= 4 is 40.3 Å². The highest BCUT2D eigenvalue weighted by molar-refractivity contribution is 7.81. The lowest BCUT2D eigenvalue weighted by Crippen LogP contribution is -2.35. The maximum absolute atomic E-state index is 14.0. The van der Waals surface area contributed by atoms with Gasteiger partial charge >= 0.3 is 0 Å². The van der Waals surface area contributed by atoms with Crippen LogP contribution in [-0.4, -0.2) is 15.8 Å². The Morgan fingerprint density at radius 2 is 2.00 bits per heavy atom. The van der Waals surface area contributed by atoms with E-state index >= 15 is 0 Å². The SMILES string of the molecule is CC1(C)CC(=O)C(C(=S)Nc2ccccc2)=C(NCc2cc(Cl)ncc2F)C1. The zero-order valence-corrected chi connectivity index (χ0v) is 17.3. The monoisotopic (exact) mass is 417 g/mol. The molecule has 0 radical (unpaired) electrons. The van der Waals surface area contributed by atoms with Gasteiger partial charge in [-0.15, -0.1) is 0 Å². The third kappa shape index (κ3) is 4.94. The molecule has 0 aliphatic heterocycles. The van der Waals surface area contributed by atoms with E-state index in [1.54, 1.807) is 0 Å². The molecule has 0 saturated carbocycles. The van der Waals surface area contributed by atoms with Crippen molar-refractivity contribution in [1.82, 2.24) is 10.3 Å². The van der Waals surface area contributed by atoms with E-state index in [1.807, 2.05) is 44.2 Å². The predicted molar refractivity (Wildman–Crippen MR) is 114 cm³/mol.